The first-order chi connectivity index (χ1) is 9.24. The van der Waals surface area contributed by atoms with Crippen LogP contribution in [0.2, 0.25) is 0 Å². The van der Waals surface area contributed by atoms with Gasteiger partial charge in [-0.05, 0) is 6.26 Å². The second-order valence-corrected chi connectivity index (χ2v) is 5.12. The molecule has 1 aliphatic rings. The lowest BCUT2D eigenvalue weighted by Gasteiger charge is -2.13. The summed E-state index contributed by atoms with van der Waals surface area (Å²) in [5.74, 6) is 0. The second-order valence-electron chi connectivity index (χ2n) is 4.32. The van der Waals surface area contributed by atoms with Gasteiger partial charge in [-0.1, -0.05) is 0 Å². The third-order valence-electron chi connectivity index (χ3n) is 3.21. The molecule has 102 valence electrons. The third kappa shape index (κ3) is 2.10. The number of rotatable bonds is 3. The molecule has 2 aromatic heterocycles. The smallest absolute Gasteiger partial charge is 0.166 e. The zero-order valence-electron chi connectivity index (χ0n) is 10.3. The summed E-state index contributed by atoms with van der Waals surface area (Å²) < 4.78 is 7.38. The van der Waals surface area contributed by atoms with Gasteiger partial charge in [-0.25, -0.2) is 15.0 Å². The quantitative estimate of drug-likeness (QED) is 0.613. The van der Waals surface area contributed by atoms with Crippen LogP contribution in [0.15, 0.2) is 17.7 Å². The lowest BCUT2D eigenvalue weighted by Crippen LogP contribution is -2.24. The van der Waals surface area contributed by atoms with Crippen molar-refractivity contribution in [3.8, 4) is 0 Å². The van der Waals surface area contributed by atoms with Crippen molar-refractivity contribution in [3.63, 3.8) is 0 Å². The molecular formula is C11H14N4O3S. The van der Waals surface area contributed by atoms with Crippen molar-refractivity contribution >= 4 is 22.9 Å². The molecule has 0 amide bonds. The molecule has 0 spiro atoms. The van der Waals surface area contributed by atoms with Crippen molar-refractivity contribution in [1.29, 1.82) is 0 Å². The number of hydrogen-bond donors (Lipinski definition) is 2. The number of thioether (sulfide) groups is 1. The number of nitrogens with zero attached hydrogens (tertiary/aromatic N) is 4. The molecule has 0 aliphatic carbocycles. The molecule has 0 bridgehead atoms. The van der Waals surface area contributed by atoms with E-state index in [0.717, 1.165) is 10.5 Å². The Bertz CT molecular complexity index is 590. The van der Waals surface area contributed by atoms with Gasteiger partial charge >= 0.3 is 0 Å². The first kappa shape index (κ1) is 12.8. The van der Waals surface area contributed by atoms with Crippen LogP contribution in [0.3, 0.4) is 0 Å². The zero-order chi connectivity index (χ0) is 13.4. The van der Waals surface area contributed by atoms with E-state index in [2.05, 4.69) is 15.0 Å². The Morgan fingerprint density at radius 3 is 3.00 bits per heavy atom. The summed E-state index contributed by atoms with van der Waals surface area (Å²) in [6, 6.07) is 0. The van der Waals surface area contributed by atoms with Gasteiger partial charge in [0.1, 0.15) is 29.2 Å². The maximum atomic E-state index is 9.78. The van der Waals surface area contributed by atoms with Crippen LogP contribution in [0.4, 0.5) is 0 Å². The fraction of sp³-hybridized carbons (Fsp3) is 0.545. The Morgan fingerprint density at radius 1 is 1.47 bits per heavy atom. The standard InChI is InChI=1S/C11H14N4O3S/c1-19-11-9-10(12-4-13-11)15(5-14-9)8-2-6(17)7(3-16)18-8/h4-8,16-17H,2-3H2,1H3/t6-,7+,8-/m1/s1. The fourth-order valence-corrected chi connectivity index (χ4v) is 2.73. The largest absolute Gasteiger partial charge is 0.394 e. The maximum absolute atomic E-state index is 9.78. The predicted octanol–water partition coefficient (Wildman–Crippen LogP) is 0.189. The number of aromatic nitrogens is 4. The first-order valence-corrected chi connectivity index (χ1v) is 7.13. The molecule has 0 saturated carbocycles. The second kappa shape index (κ2) is 5.04. The van der Waals surface area contributed by atoms with Gasteiger partial charge in [0.15, 0.2) is 5.65 Å². The average Bonchev–Trinajstić information content (AvgIpc) is 3.01. The van der Waals surface area contributed by atoms with Gasteiger partial charge in [0, 0.05) is 6.42 Å². The van der Waals surface area contributed by atoms with Crippen molar-refractivity contribution in [2.75, 3.05) is 12.9 Å². The van der Waals surface area contributed by atoms with Crippen molar-refractivity contribution in [1.82, 2.24) is 19.5 Å². The van der Waals surface area contributed by atoms with Crippen LogP contribution in [-0.2, 0) is 4.74 Å². The van der Waals surface area contributed by atoms with Gasteiger partial charge in [0.2, 0.25) is 0 Å². The molecule has 7 nitrogen and oxygen atoms in total. The molecule has 0 unspecified atom stereocenters. The summed E-state index contributed by atoms with van der Waals surface area (Å²) in [7, 11) is 0. The highest BCUT2D eigenvalue weighted by Crippen LogP contribution is 2.31. The molecule has 2 aromatic rings. The van der Waals surface area contributed by atoms with E-state index in [9.17, 15) is 5.11 Å². The van der Waals surface area contributed by atoms with Crippen LogP contribution in [-0.4, -0.2) is 54.8 Å². The van der Waals surface area contributed by atoms with Crippen molar-refractivity contribution < 1.29 is 14.9 Å². The highest BCUT2D eigenvalue weighted by Gasteiger charge is 2.35. The minimum absolute atomic E-state index is 0.199. The van der Waals surface area contributed by atoms with Gasteiger partial charge in [-0.2, -0.15) is 0 Å². The molecule has 1 fully saturated rings. The van der Waals surface area contributed by atoms with E-state index in [1.807, 2.05) is 6.26 Å². The van der Waals surface area contributed by atoms with E-state index < -0.39 is 12.2 Å². The molecule has 3 atom stereocenters. The van der Waals surface area contributed by atoms with Gasteiger partial charge in [0.25, 0.3) is 0 Å². The number of ether oxygens (including phenoxy) is 1. The Balaban J connectivity index is 1.98. The summed E-state index contributed by atoms with van der Waals surface area (Å²) in [6.07, 6.45) is 3.88. The minimum atomic E-state index is -0.672. The highest BCUT2D eigenvalue weighted by atomic mass is 32.2. The minimum Gasteiger partial charge on any atom is -0.394 e. The van der Waals surface area contributed by atoms with Crippen LogP contribution in [0, 0.1) is 0 Å². The maximum Gasteiger partial charge on any atom is 0.166 e. The van der Waals surface area contributed by atoms with Gasteiger partial charge in [-0.15, -0.1) is 11.8 Å². The molecule has 3 heterocycles. The van der Waals surface area contributed by atoms with Gasteiger partial charge < -0.3 is 14.9 Å². The van der Waals surface area contributed by atoms with Crippen molar-refractivity contribution in [2.24, 2.45) is 0 Å². The molecule has 8 heteroatoms. The van der Waals surface area contributed by atoms with Gasteiger partial charge in [0.05, 0.1) is 19.0 Å². The van der Waals surface area contributed by atoms with Crippen molar-refractivity contribution in [3.05, 3.63) is 12.7 Å². The number of aliphatic hydroxyl groups is 2. The first-order valence-electron chi connectivity index (χ1n) is 5.90. The van der Waals surface area contributed by atoms with Crippen molar-refractivity contribution in [2.45, 2.75) is 29.9 Å². The van der Waals surface area contributed by atoms with E-state index >= 15 is 0 Å². The number of aliphatic hydroxyl groups excluding tert-OH is 2. The van der Waals surface area contributed by atoms with Crippen LogP contribution >= 0.6 is 11.8 Å². The number of hydrogen-bond acceptors (Lipinski definition) is 7. The van der Waals surface area contributed by atoms with Crippen LogP contribution in [0.25, 0.3) is 11.2 Å². The predicted molar refractivity (Wildman–Crippen MR) is 68.7 cm³/mol. The summed E-state index contributed by atoms with van der Waals surface area (Å²) >= 11 is 1.50. The fourth-order valence-electron chi connectivity index (χ4n) is 2.24. The molecule has 0 aromatic carbocycles. The van der Waals surface area contributed by atoms with Crippen LogP contribution < -0.4 is 0 Å². The summed E-state index contributed by atoms with van der Waals surface area (Å²) in [5, 5.41) is 19.7. The van der Waals surface area contributed by atoms with E-state index in [1.165, 1.54) is 18.1 Å². The number of imidazole rings is 1. The summed E-state index contributed by atoms with van der Waals surface area (Å²) in [5.41, 5.74) is 1.40. The normalized spacial score (nSPS) is 27.2. The summed E-state index contributed by atoms with van der Waals surface area (Å²) in [6.45, 7) is -0.199. The molecule has 2 N–H and O–H groups in total. The Morgan fingerprint density at radius 2 is 2.32 bits per heavy atom. The Hall–Kier alpha value is -1.22. The van der Waals surface area contributed by atoms with Gasteiger partial charge in [-0.3, -0.25) is 4.57 Å². The Labute approximate surface area is 113 Å². The van der Waals surface area contributed by atoms with E-state index in [1.54, 1.807) is 10.9 Å². The zero-order valence-corrected chi connectivity index (χ0v) is 11.1. The molecular weight excluding hydrogens is 268 g/mol. The number of fused-ring (bicyclic) bond motifs is 1. The lowest BCUT2D eigenvalue weighted by molar-refractivity contribution is -0.0432. The average molecular weight is 282 g/mol. The Kier molecular flexibility index (Phi) is 3.40. The van der Waals surface area contributed by atoms with Crippen LogP contribution in [0.5, 0.6) is 0 Å². The third-order valence-corrected chi connectivity index (χ3v) is 3.90. The molecule has 3 rings (SSSR count). The molecule has 0 radical (unpaired) electrons. The SMILES string of the molecule is CSc1ncnc2c1ncn2[C@H]1C[C@@H](O)[C@H](CO)O1. The highest BCUT2D eigenvalue weighted by molar-refractivity contribution is 7.98. The monoisotopic (exact) mass is 282 g/mol. The van der Waals surface area contributed by atoms with E-state index in [4.69, 9.17) is 9.84 Å². The molecule has 19 heavy (non-hydrogen) atoms. The van der Waals surface area contributed by atoms with E-state index in [-0.39, 0.29) is 12.8 Å². The molecule has 1 saturated heterocycles. The van der Waals surface area contributed by atoms with E-state index in [0.29, 0.717) is 12.1 Å². The summed E-state index contributed by atoms with van der Waals surface area (Å²) in [4.78, 5) is 12.7. The topological polar surface area (TPSA) is 93.3 Å². The van der Waals surface area contributed by atoms with Crippen LogP contribution in [0.1, 0.15) is 12.6 Å². The molecule has 1 aliphatic heterocycles. The lowest BCUT2D eigenvalue weighted by atomic mass is 10.2.